The van der Waals surface area contributed by atoms with Gasteiger partial charge in [-0.05, 0) is 41.4 Å². The number of amides is 1. The summed E-state index contributed by atoms with van der Waals surface area (Å²) in [5.41, 5.74) is 1.28. The van der Waals surface area contributed by atoms with Crippen molar-refractivity contribution < 1.29 is 4.79 Å². The fourth-order valence-electron chi connectivity index (χ4n) is 1.67. The Bertz CT molecular complexity index is 410. The van der Waals surface area contributed by atoms with Crippen molar-refractivity contribution in [3.05, 3.63) is 32.4 Å². The van der Waals surface area contributed by atoms with E-state index in [1.54, 1.807) is 0 Å². The summed E-state index contributed by atoms with van der Waals surface area (Å²) in [4.78, 5) is 14.8. The van der Waals surface area contributed by atoms with Crippen LogP contribution in [0.15, 0.2) is 27.6 Å². The first kappa shape index (κ1) is 10.9. The fraction of sp³-hybridized carbons (Fsp3) is 0.364. The van der Waals surface area contributed by atoms with Gasteiger partial charge in [0, 0.05) is 13.1 Å². The molecule has 2 nitrogen and oxygen atoms in total. The third-order valence-corrected chi connectivity index (χ3v) is 4.01. The Kier molecular flexibility index (Phi) is 3.26. The van der Waals surface area contributed by atoms with Crippen molar-refractivity contribution in [3.8, 4) is 0 Å². The number of hydrogen-bond acceptors (Lipinski definition) is 2. The number of thiophene rings is 1. The Hall–Kier alpha value is -0.610. The van der Waals surface area contributed by atoms with Crippen LogP contribution in [0.25, 0.3) is 0 Å². The van der Waals surface area contributed by atoms with Gasteiger partial charge in [0.25, 0.3) is 5.91 Å². The molecule has 0 aliphatic carbocycles. The molecule has 0 saturated carbocycles. The Balaban J connectivity index is 2.12. The van der Waals surface area contributed by atoms with E-state index in [1.165, 1.54) is 16.9 Å². The van der Waals surface area contributed by atoms with E-state index in [2.05, 4.69) is 28.9 Å². The van der Waals surface area contributed by atoms with E-state index in [1.807, 2.05) is 17.0 Å². The monoisotopic (exact) mass is 285 g/mol. The van der Waals surface area contributed by atoms with E-state index in [0.717, 1.165) is 28.2 Å². The normalized spacial score (nSPS) is 16.4. The van der Waals surface area contributed by atoms with Gasteiger partial charge in [0.1, 0.15) is 0 Å². The molecule has 0 N–H and O–H groups in total. The highest BCUT2D eigenvalue weighted by Crippen LogP contribution is 2.24. The first-order valence-corrected chi connectivity index (χ1v) is 6.48. The van der Waals surface area contributed by atoms with Crippen molar-refractivity contribution in [1.82, 2.24) is 4.90 Å². The minimum Gasteiger partial charge on any atom is -0.334 e. The highest BCUT2D eigenvalue weighted by Gasteiger charge is 2.19. The third kappa shape index (κ3) is 2.49. The standard InChI is InChI=1S/C11H12BrNOS/c1-8-3-2-6-13(7-8)11(14)9-4-5-10(12)15-9/h3-5H,2,6-7H2,1H3. The first-order valence-electron chi connectivity index (χ1n) is 4.87. The second kappa shape index (κ2) is 4.49. The number of carbonyl (C=O) groups is 1. The maximum atomic E-state index is 12.0. The summed E-state index contributed by atoms with van der Waals surface area (Å²) in [6.07, 6.45) is 3.18. The number of halogens is 1. The second-order valence-electron chi connectivity index (χ2n) is 3.67. The molecule has 2 heterocycles. The van der Waals surface area contributed by atoms with Crippen LogP contribution in [-0.2, 0) is 0 Å². The molecule has 1 aromatic rings. The Morgan fingerprint density at radius 2 is 2.33 bits per heavy atom. The molecule has 0 unspecified atom stereocenters. The minimum atomic E-state index is 0.151. The smallest absolute Gasteiger partial charge is 0.264 e. The number of rotatable bonds is 1. The van der Waals surface area contributed by atoms with E-state index in [-0.39, 0.29) is 5.91 Å². The van der Waals surface area contributed by atoms with Gasteiger partial charge in [0.05, 0.1) is 8.66 Å². The zero-order chi connectivity index (χ0) is 10.8. The number of carbonyl (C=O) groups excluding carboxylic acids is 1. The zero-order valence-corrected chi connectivity index (χ0v) is 10.9. The largest absolute Gasteiger partial charge is 0.334 e. The molecule has 0 radical (unpaired) electrons. The summed E-state index contributed by atoms with van der Waals surface area (Å²) in [5.74, 6) is 0.151. The SMILES string of the molecule is CC1=CCCN(C(=O)c2ccc(Br)s2)C1. The maximum Gasteiger partial charge on any atom is 0.264 e. The lowest BCUT2D eigenvalue weighted by molar-refractivity contribution is 0.0771. The molecule has 15 heavy (non-hydrogen) atoms. The number of hydrogen-bond donors (Lipinski definition) is 0. The molecule has 0 aromatic carbocycles. The van der Waals surface area contributed by atoms with Gasteiger partial charge >= 0.3 is 0 Å². The maximum absolute atomic E-state index is 12.0. The van der Waals surface area contributed by atoms with E-state index in [4.69, 9.17) is 0 Å². The summed E-state index contributed by atoms with van der Waals surface area (Å²) in [7, 11) is 0. The van der Waals surface area contributed by atoms with Crippen molar-refractivity contribution in [2.45, 2.75) is 13.3 Å². The summed E-state index contributed by atoms with van der Waals surface area (Å²) in [6, 6.07) is 3.80. The Morgan fingerprint density at radius 3 is 2.93 bits per heavy atom. The molecule has 0 atom stereocenters. The van der Waals surface area contributed by atoms with Crippen molar-refractivity contribution in [1.29, 1.82) is 0 Å². The van der Waals surface area contributed by atoms with E-state index in [0.29, 0.717) is 0 Å². The molecule has 1 aliphatic heterocycles. The van der Waals surface area contributed by atoms with Gasteiger partial charge in [-0.25, -0.2) is 0 Å². The zero-order valence-electron chi connectivity index (χ0n) is 8.50. The summed E-state index contributed by atoms with van der Waals surface area (Å²) in [5, 5.41) is 0. The lowest BCUT2D eigenvalue weighted by atomic mass is 10.1. The van der Waals surface area contributed by atoms with Crippen molar-refractivity contribution in [2.24, 2.45) is 0 Å². The van der Waals surface area contributed by atoms with Gasteiger partial charge in [-0.2, -0.15) is 0 Å². The second-order valence-corrected chi connectivity index (χ2v) is 6.13. The van der Waals surface area contributed by atoms with Crippen LogP contribution in [0.2, 0.25) is 0 Å². The average molecular weight is 286 g/mol. The lowest BCUT2D eigenvalue weighted by Gasteiger charge is -2.25. The molecular formula is C11H12BrNOS. The van der Waals surface area contributed by atoms with Crippen LogP contribution < -0.4 is 0 Å². The van der Waals surface area contributed by atoms with Gasteiger partial charge in [0.15, 0.2) is 0 Å². The van der Waals surface area contributed by atoms with Crippen LogP contribution in [-0.4, -0.2) is 23.9 Å². The molecule has 0 spiro atoms. The molecule has 2 rings (SSSR count). The average Bonchev–Trinajstić information content (AvgIpc) is 2.64. The Morgan fingerprint density at radius 1 is 1.53 bits per heavy atom. The summed E-state index contributed by atoms with van der Waals surface area (Å²) in [6.45, 7) is 3.68. The summed E-state index contributed by atoms with van der Waals surface area (Å²) < 4.78 is 1.01. The third-order valence-electron chi connectivity index (χ3n) is 2.40. The molecule has 1 aliphatic rings. The molecule has 0 fully saturated rings. The molecule has 80 valence electrons. The van der Waals surface area contributed by atoms with E-state index < -0.39 is 0 Å². The molecular weight excluding hydrogens is 274 g/mol. The van der Waals surface area contributed by atoms with Crippen molar-refractivity contribution in [2.75, 3.05) is 13.1 Å². The Labute approximate surface area is 102 Å². The van der Waals surface area contributed by atoms with Crippen LogP contribution in [0, 0.1) is 0 Å². The topological polar surface area (TPSA) is 20.3 Å². The van der Waals surface area contributed by atoms with Gasteiger partial charge in [-0.3, -0.25) is 4.79 Å². The van der Waals surface area contributed by atoms with E-state index >= 15 is 0 Å². The van der Waals surface area contributed by atoms with Crippen molar-refractivity contribution >= 4 is 33.2 Å². The van der Waals surface area contributed by atoms with Crippen LogP contribution >= 0.6 is 27.3 Å². The first-order chi connectivity index (χ1) is 7.16. The summed E-state index contributed by atoms with van der Waals surface area (Å²) >= 11 is 4.87. The highest BCUT2D eigenvalue weighted by molar-refractivity contribution is 9.11. The van der Waals surface area contributed by atoms with Crippen LogP contribution in [0.1, 0.15) is 23.0 Å². The molecule has 4 heteroatoms. The van der Waals surface area contributed by atoms with Gasteiger partial charge in [0.2, 0.25) is 0 Å². The van der Waals surface area contributed by atoms with Gasteiger partial charge in [-0.1, -0.05) is 11.6 Å². The minimum absolute atomic E-state index is 0.151. The fourth-order valence-corrected chi connectivity index (χ4v) is 3.02. The van der Waals surface area contributed by atoms with Crippen molar-refractivity contribution in [3.63, 3.8) is 0 Å². The lowest BCUT2D eigenvalue weighted by Crippen LogP contribution is -2.34. The van der Waals surface area contributed by atoms with Gasteiger partial charge in [-0.15, -0.1) is 11.3 Å². The van der Waals surface area contributed by atoms with Gasteiger partial charge < -0.3 is 4.90 Å². The highest BCUT2D eigenvalue weighted by atomic mass is 79.9. The molecule has 1 amide bonds. The molecule has 0 saturated heterocycles. The van der Waals surface area contributed by atoms with Crippen LogP contribution in [0.5, 0.6) is 0 Å². The number of nitrogens with zero attached hydrogens (tertiary/aromatic N) is 1. The predicted octanol–water partition coefficient (Wildman–Crippen LogP) is 3.30. The molecule has 1 aromatic heterocycles. The van der Waals surface area contributed by atoms with Crippen LogP contribution in [0.4, 0.5) is 0 Å². The van der Waals surface area contributed by atoms with Crippen LogP contribution in [0.3, 0.4) is 0 Å². The quantitative estimate of drug-likeness (QED) is 0.725. The van der Waals surface area contributed by atoms with E-state index in [9.17, 15) is 4.79 Å². The molecule has 0 bridgehead atoms. The predicted molar refractivity (Wildman–Crippen MR) is 66.3 cm³/mol.